The van der Waals surface area contributed by atoms with Gasteiger partial charge >= 0.3 is 0 Å². The quantitative estimate of drug-likeness (QED) is 0.796. The molecule has 16 heavy (non-hydrogen) atoms. The van der Waals surface area contributed by atoms with Crippen LogP contribution in [0.15, 0.2) is 24.3 Å². The second-order valence-electron chi connectivity index (χ2n) is 4.65. The summed E-state index contributed by atoms with van der Waals surface area (Å²) in [5.41, 5.74) is 7.78. The van der Waals surface area contributed by atoms with Gasteiger partial charge in [-0.05, 0) is 18.5 Å². The van der Waals surface area contributed by atoms with Gasteiger partial charge in [0.1, 0.15) is 4.99 Å². The fraction of sp³-hybridized carbons (Fsp3) is 0.462. The van der Waals surface area contributed by atoms with Crippen molar-refractivity contribution in [2.24, 2.45) is 11.7 Å². The van der Waals surface area contributed by atoms with E-state index in [4.69, 9.17) is 18.0 Å². The highest BCUT2D eigenvalue weighted by atomic mass is 32.1. The van der Waals surface area contributed by atoms with Gasteiger partial charge < -0.3 is 10.6 Å². The molecule has 0 unspecified atom stereocenters. The third-order valence-electron chi connectivity index (χ3n) is 2.37. The van der Waals surface area contributed by atoms with Crippen molar-refractivity contribution < 1.29 is 0 Å². The summed E-state index contributed by atoms with van der Waals surface area (Å²) in [6.07, 6.45) is 0. The molecule has 0 heterocycles. The fourth-order valence-electron chi connectivity index (χ4n) is 1.77. The maximum absolute atomic E-state index is 5.55. The van der Waals surface area contributed by atoms with E-state index in [1.165, 1.54) is 5.56 Å². The highest BCUT2D eigenvalue weighted by Crippen LogP contribution is 2.08. The van der Waals surface area contributed by atoms with Crippen LogP contribution in [-0.4, -0.2) is 23.5 Å². The standard InChI is InChI=1S/C13H20N2S/c1-10(2)8-15(3)9-11-4-6-12(7-5-11)13(14)16/h4-7,10H,8-9H2,1-3H3,(H2,14,16). The average molecular weight is 236 g/mol. The van der Waals surface area contributed by atoms with Gasteiger partial charge in [-0.2, -0.15) is 0 Å². The molecule has 0 saturated carbocycles. The first-order valence-electron chi connectivity index (χ1n) is 5.56. The van der Waals surface area contributed by atoms with Crippen molar-refractivity contribution >= 4 is 17.2 Å². The fourth-order valence-corrected chi connectivity index (χ4v) is 1.91. The van der Waals surface area contributed by atoms with Gasteiger partial charge in [-0.3, -0.25) is 0 Å². The van der Waals surface area contributed by atoms with Crippen molar-refractivity contribution in [2.75, 3.05) is 13.6 Å². The Kier molecular flexibility index (Phi) is 4.90. The lowest BCUT2D eigenvalue weighted by Crippen LogP contribution is -2.22. The van der Waals surface area contributed by atoms with Crippen molar-refractivity contribution in [3.8, 4) is 0 Å². The maximum Gasteiger partial charge on any atom is 0.103 e. The number of nitrogens with zero attached hydrogens (tertiary/aromatic N) is 1. The molecule has 0 atom stereocenters. The second-order valence-corrected chi connectivity index (χ2v) is 5.09. The van der Waals surface area contributed by atoms with Gasteiger partial charge in [0.15, 0.2) is 0 Å². The van der Waals surface area contributed by atoms with E-state index in [1.54, 1.807) is 0 Å². The van der Waals surface area contributed by atoms with Crippen LogP contribution in [0.2, 0.25) is 0 Å². The molecule has 1 aromatic rings. The molecule has 1 aromatic carbocycles. The lowest BCUT2D eigenvalue weighted by atomic mass is 10.1. The minimum absolute atomic E-state index is 0.460. The molecule has 0 saturated heterocycles. The van der Waals surface area contributed by atoms with Crippen molar-refractivity contribution in [1.82, 2.24) is 4.90 Å². The molecule has 2 N–H and O–H groups in total. The Bertz CT molecular complexity index is 343. The zero-order valence-corrected chi connectivity index (χ0v) is 11.1. The number of hydrogen-bond acceptors (Lipinski definition) is 2. The molecule has 0 aliphatic heterocycles. The van der Waals surface area contributed by atoms with E-state index in [0.29, 0.717) is 10.9 Å². The number of benzene rings is 1. The largest absolute Gasteiger partial charge is 0.389 e. The van der Waals surface area contributed by atoms with Crippen LogP contribution in [0.1, 0.15) is 25.0 Å². The Morgan fingerprint density at radius 2 is 1.88 bits per heavy atom. The van der Waals surface area contributed by atoms with E-state index in [1.807, 2.05) is 12.1 Å². The van der Waals surface area contributed by atoms with Crippen LogP contribution >= 0.6 is 12.2 Å². The topological polar surface area (TPSA) is 29.3 Å². The number of thiocarbonyl (C=S) groups is 1. The SMILES string of the molecule is CC(C)CN(C)Cc1ccc(C(N)=S)cc1. The highest BCUT2D eigenvalue weighted by Gasteiger charge is 2.03. The molecule has 1 rings (SSSR count). The molecule has 0 aliphatic carbocycles. The van der Waals surface area contributed by atoms with Crippen LogP contribution in [0.3, 0.4) is 0 Å². The Morgan fingerprint density at radius 1 is 1.31 bits per heavy atom. The first-order chi connectivity index (χ1) is 7.49. The van der Waals surface area contributed by atoms with Gasteiger partial charge in [-0.1, -0.05) is 50.3 Å². The Morgan fingerprint density at radius 3 is 2.31 bits per heavy atom. The molecule has 88 valence electrons. The minimum Gasteiger partial charge on any atom is -0.389 e. The van der Waals surface area contributed by atoms with Crippen LogP contribution in [-0.2, 0) is 6.54 Å². The Hall–Kier alpha value is -0.930. The molecule has 0 amide bonds. The van der Waals surface area contributed by atoms with E-state index in [-0.39, 0.29) is 0 Å². The summed E-state index contributed by atoms with van der Waals surface area (Å²) in [4.78, 5) is 2.78. The third-order valence-corrected chi connectivity index (χ3v) is 2.60. The van der Waals surface area contributed by atoms with Gasteiger partial charge in [0, 0.05) is 18.7 Å². The average Bonchev–Trinajstić information content (AvgIpc) is 2.16. The predicted octanol–water partition coefficient (Wildman–Crippen LogP) is 2.41. The van der Waals surface area contributed by atoms with Crippen molar-refractivity contribution in [2.45, 2.75) is 20.4 Å². The van der Waals surface area contributed by atoms with Crippen LogP contribution in [0.5, 0.6) is 0 Å². The number of rotatable bonds is 5. The maximum atomic E-state index is 5.55. The smallest absolute Gasteiger partial charge is 0.103 e. The summed E-state index contributed by atoms with van der Waals surface area (Å²) in [6, 6.07) is 8.15. The van der Waals surface area contributed by atoms with E-state index in [2.05, 4.69) is 37.9 Å². The van der Waals surface area contributed by atoms with Gasteiger partial charge in [-0.15, -0.1) is 0 Å². The van der Waals surface area contributed by atoms with Gasteiger partial charge in [0.05, 0.1) is 0 Å². The normalized spacial score (nSPS) is 11.1. The summed E-state index contributed by atoms with van der Waals surface area (Å²) in [7, 11) is 2.14. The third kappa shape index (κ3) is 4.29. The van der Waals surface area contributed by atoms with Crippen LogP contribution < -0.4 is 5.73 Å². The molecular formula is C13H20N2S. The molecule has 0 aromatic heterocycles. The van der Waals surface area contributed by atoms with E-state index < -0.39 is 0 Å². The first kappa shape index (κ1) is 13.1. The highest BCUT2D eigenvalue weighted by molar-refractivity contribution is 7.80. The summed E-state index contributed by atoms with van der Waals surface area (Å²) in [5, 5.41) is 0. The van der Waals surface area contributed by atoms with Crippen LogP contribution in [0, 0.1) is 5.92 Å². The molecular weight excluding hydrogens is 216 g/mol. The molecule has 0 spiro atoms. The zero-order valence-electron chi connectivity index (χ0n) is 10.2. The summed E-state index contributed by atoms with van der Waals surface area (Å²) >= 11 is 4.92. The molecule has 0 aliphatic rings. The molecule has 2 nitrogen and oxygen atoms in total. The zero-order chi connectivity index (χ0) is 12.1. The van der Waals surface area contributed by atoms with Crippen LogP contribution in [0.25, 0.3) is 0 Å². The number of nitrogens with two attached hydrogens (primary N) is 1. The van der Waals surface area contributed by atoms with Crippen LogP contribution in [0.4, 0.5) is 0 Å². The lowest BCUT2D eigenvalue weighted by molar-refractivity contribution is 0.288. The first-order valence-corrected chi connectivity index (χ1v) is 5.97. The van der Waals surface area contributed by atoms with Crippen molar-refractivity contribution in [3.05, 3.63) is 35.4 Å². The second kappa shape index (κ2) is 5.97. The monoisotopic (exact) mass is 236 g/mol. The van der Waals surface area contributed by atoms with Gasteiger partial charge in [-0.25, -0.2) is 0 Å². The lowest BCUT2D eigenvalue weighted by Gasteiger charge is -2.18. The minimum atomic E-state index is 0.460. The molecule has 0 radical (unpaired) electrons. The number of hydrogen-bond donors (Lipinski definition) is 1. The molecule has 0 fully saturated rings. The van der Waals surface area contributed by atoms with Gasteiger partial charge in [0.25, 0.3) is 0 Å². The van der Waals surface area contributed by atoms with E-state index >= 15 is 0 Å². The van der Waals surface area contributed by atoms with Crippen molar-refractivity contribution in [1.29, 1.82) is 0 Å². The van der Waals surface area contributed by atoms with Gasteiger partial charge in [0.2, 0.25) is 0 Å². The predicted molar refractivity (Wildman–Crippen MR) is 73.5 cm³/mol. The summed E-state index contributed by atoms with van der Waals surface area (Å²) in [6.45, 7) is 6.53. The molecule has 3 heteroatoms. The Balaban J connectivity index is 2.58. The summed E-state index contributed by atoms with van der Waals surface area (Å²) in [5.74, 6) is 0.695. The van der Waals surface area contributed by atoms with E-state index in [9.17, 15) is 0 Å². The van der Waals surface area contributed by atoms with E-state index in [0.717, 1.165) is 18.7 Å². The molecule has 0 bridgehead atoms. The Labute approximate surface area is 103 Å². The summed E-state index contributed by atoms with van der Waals surface area (Å²) < 4.78 is 0. The van der Waals surface area contributed by atoms with Crippen molar-refractivity contribution in [3.63, 3.8) is 0 Å².